The number of carbonyl (C=O) groups is 2. The van der Waals surface area contributed by atoms with Gasteiger partial charge in [0.1, 0.15) is 0 Å². The Balaban J connectivity index is 1.71. The zero-order valence-corrected chi connectivity index (χ0v) is 15.3. The second-order valence-electron chi connectivity index (χ2n) is 6.70. The van der Waals surface area contributed by atoms with Gasteiger partial charge in [0.05, 0.1) is 6.04 Å². The predicted molar refractivity (Wildman–Crippen MR) is 100 cm³/mol. The molecule has 0 aliphatic carbocycles. The number of nitrogens with one attached hydrogen (secondary N) is 2. The quantitative estimate of drug-likeness (QED) is 0.707. The van der Waals surface area contributed by atoms with Crippen LogP contribution in [-0.2, 0) is 4.79 Å². The molecule has 0 saturated carbocycles. The first-order valence-electron chi connectivity index (χ1n) is 9.57. The molecule has 0 radical (unpaired) electrons. The lowest BCUT2D eigenvalue weighted by atomic mass is 10.0. The SMILES string of the molecule is CCC[C@H](NC(=O)NCCCN1CCCCCC1=O)c1ccccc1. The minimum Gasteiger partial charge on any atom is -0.343 e. The van der Waals surface area contributed by atoms with Crippen molar-refractivity contribution in [2.24, 2.45) is 0 Å². The van der Waals surface area contributed by atoms with Gasteiger partial charge in [-0.05, 0) is 31.2 Å². The fourth-order valence-electron chi connectivity index (χ4n) is 3.25. The molecular weight excluding hydrogens is 314 g/mol. The molecule has 138 valence electrons. The topological polar surface area (TPSA) is 61.4 Å². The lowest BCUT2D eigenvalue weighted by molar-refractivity contribution is -0.130. The van der Waals surface area contributed by atoms with Crippen LogP contribution in [0.1, 0.15) is 63.5 Å². The van der Waals surface area contributed by atoms with E-state index in [9.17, 15) is 9.59 Å². The van der Waals surface area contributed by atoms with Gasteiger partial charge < -0.3 is 15.5 Å². The number of amides is 3. The molecule has 0 aromatic heterocycles. The molecule has 0 bridgehead atoms. The highest BCUT2D eigenvalue weighted by Crippen LogP contribution is 2.17. The van der Waals surface area contributed by atoms with Crippen molar-refractivity contribution in [3.05, 3.63) is 35.9 Å². The number of hydrogen-bond acceptors (Lipinski definition) is 2. The summed E-state index contributed by atoms with van der Waals surface area (Å²) in [7, 11) is 0. The molecule has 5 nitrogen and oxygen atoms in total. The molecule has 0 unspecified atom stereocenters. The Morgan fingerprint density at radius 3 is 2.76 bits per heavy atom. The van der Waals surface area contributed by atoms with Crippen molar-refractivity contribution in [2.45, 2.75) is 57.9 Å². The molecule has 1 aliphatic heterocycles. The summed E-state index contributed by atoms with van der Waals surface area (Å²) in [5, 5.41) is 5.98. The van der Waals surface area contributed by atoms with Gasteiger partial charge in [-0.15, -0.1) is 0 Å². The monoisotopic (exact) mass is 345 g/mol. The molecule has 1 aromatic rings. The van der Waals surface area contributed by atoms with Gasteiger partial charge in [-0.3, -0.25) is 4.79 Å². The number of likely N-dealkylation sites (tertiary alicyclic amines) is 1. The molecule has 1 saturated heterocycles. The van der Waals surface area contributed by atoms with Crippen LogP contribution in [0.25, 0.3) is 0 Å². The van der Waals surface area contributed by atoms with Crippen molar-refractivity contribution in [3.8, 4) is 0 Å². The summed E-state index contributed by atoms with van der Waals surface area (Å²) in [6.07, 6.45) is 6.63. The molecule has 1 aliphatic rings. The van der Waals surface area contributed by atoms with Gasteiger partial charge in [-0.2, -0.15) is 0 Å². The van der Waals surface area contributed by atoms with E-state index >= 15 is 0 Å². The third kappa shape index (κ3) is 6.77. The lowest BCUT2D eigenvalue weighted by Gasteiger charge is -2.21. The number of urea groups is 1. The predicted octanol–water partition coefficient (Wildman–Crippen LogP) is 3.62. The Labute approximate surface area is 151 Å². The van der Waals surface area contributed by atoms with Crippen molar-refractivity contribution < 1.29 is 9.59 Å². The Kier molecular flexibility index (Phi) is 8.29. The fourth-order valence-corrected chi connectivity index (χ4v) is 3.25. The molecule has 1 aromatic carbocycles. The number of nitrogens with zero attached hydrogens (tertiary/aromatic N) is 1. The molecule has 1 heterocycles. The first-order valence-corrected chi connectivity index (χ1v) is 9.57. The van der Waals surface area contributed by atoms with E-state index in [0.717, 1.165) is 57.2 Å². The molecule has 2 N–H and O–H groups in total. The van der Waals surface area contributed by atoms with E-state index in [1.807, 2.05) is 35.2 Å². The average molecular weight is 345 g/mol. The summed E-state index contributed by atoms with van der Waals surface area (Å²) in [5.74, 6) is 0.258. The molecule has 0 spiro atoms. The Morgan fingerprint density at radius 1 is 1.20 bits per heavy atom. The van der Waals surface area contributed by atoms with Gasteiger partial charge >= 0.3 is 6.03 Å². The normalized spacial score (nSPS) is 16.2. The summed E-state index contributed by atoms with van der Waals surface area (Å²) in [6.45, 7) is 4.30. The number of carbonyl (C=O) groups excluding carboxylic acids is 2. The van der Waals surface area contributed by atoms with E-state index in [1.165, 1.54) is 0 Å². The molecule has 2 rings (SSSR count). The van der Waals surface area contributed by atoms with E-state index in [-0.39, 0.29) is 18.0 Å². The molecule has 3 amide bonds. The number of hydrogen-bond donors (Lipinski definition) is 2. The highest BCUT2D eigenvalue weighted by atomic mass is 16.2. The summed E-state index contributed by atoms with van der Waals surface area (Å²) in [5.41, 5.74) is 1.13. The number of rotatable bonds is 8. The van der Waals surface area contributed by atoms with Crippen molar-refractivity contribution in [2.75, 3.05) is 19.6 Å². The standard InChI is InChI=1S/C20H31N3O2/c1-2-10-18(17-11-5-3-6-12-17)22-20(25)21-14-9-16-23-15-8-4-7-13-19(23)24/h3,5-6,11-12,18H,2,4,7-10,13-16H2,1H3,(H2,21,22,25)/t18-/m0/s1. The first kappa shape index (κ1) is 19.3. The molecule has 5 heteroatoms. The van der Waals surface area contributed by atoms with Gasteiger partial charge in [0.15, 0.2) is 0 Å². The minimum atomic E-state index is -0.135. The summed E-state index contributed by atoms with van der Waals surface area (Å²) in [4.78, 5) is 26.1. The maximum atomic E-state index is 12.2. The van der Waals surface area contributed by atoms with E-state index < -0.39 is 0 Å². The van der Waals surface area contributed by atoms with E-state index in [4.69, 9.17) is 0 Å². The summed E-state index contributed by atoms with van der Waals surface area (Å²) in [6, 6.07) is 9.97. The fraction of sp³-hybridized carbons (Fsp3) is 0.600. The van der Waals surface area contributed by atoms with E-state index in [2.05, 4.69) is 17.6 Å². The van der Waals surface area contributed by atoms with Crippen molar-refractivity contribution in [3.63, 3.8) is 0 Å². The van der Waals surface area contributed by atoms with Crippen LogP contribution in [0.2, 0.25) is 0 Å². The highest BCUT2D eigenvalue weighted by molar-refractivity contribution is 5.76. The lowest BCUT2D eigenvalue weighted by Crippen LogP contribution is -2.39. The average Bonchev–Trinajstić information content (AvgIpc) is 2.83. The maximum Gasteiger partial charge on any atom is 0.315 e. The smallest absolute Gasteiger partial charge is 0.315 e. The van der Waals surface area contributed by atoms with Crippen LogP contribution in [-0.4, -0.2) is 36.5 Å². The van der Waals surface area contributed by atoms with Gasteiger partial charge in [0, 0.05) is 26.1 Å². The largest absolute Gasteiger partial charge is 0.343 e. The molecule has 1 atom stereocenters. The second kappa shape index (κ2) is 10.7. The van der Waals surface area contributed by atoms with Crippen LogP contribution in [0.3, 0.4) is 0 Å². The Hall–Kier alpha value is -2.04. The van der Waals surface area contributed by atoms with Crippen LogP contribution in [0.15, 0.2) is 30.3 Å². The van der Waals surface area contributed by atoms with Gasteiger partial charge in [0.25, 0.3) is 0 Å². The van der Waals surface area contributed by atoms with Crippen LogP contribution in [0, 0.1) is 0 Å². The van der Waals surface area contributed by atoms with Crippen LogP contribution in [0.4, 0.5) is 4.79 Å². The Morgan fingerprint density at radius 2 is 2.00 bits per heavy atom. The van der Waals surface area contributed by atoms with E-state index in [0.29, 0.717) is 13.0 Å². The van der Waals surface area contributed by atoms with Crippen LogP contribution >= 0.6 is 0 Å². The van der Waals surface area contributed by atoms with Crippen LogP contribution in [0.5, 0.6) is 0 Å². The van der Waals surface area contributed by atoms with E-state index in [1.54, 1.807) is 0 Å². The molecular formula is C20H31N3O2. The zero-order valence-electron chi connectivity index (χ0n) is 15.3. The maximum absolute atomic E-state index is 12.2. The Bertz CT molecular complexity index is 533. The van der Waals surface area contributed by atoms with Crippen LogP contribution < -0.4 is 10.6 Å². The van der Waals surface area contributed by atoms with Gasteiger partial charge in [0.2, 0.25) is 5.91 Å². The minimum absolute atomic E-state index is 0.0402. The zero-order chi connectivity index (χ0) is 17.9. The third-order valence-electron chi connectivity index (χ3n) is 4.65. The summed E-state index contributed by atoms with van der Waals surface area (Å²) >= 11 is 0. The van der Waals surface area contributed by atoms with Gasteiger partial charge in [-0.1, -0.05) is 50.1 Å². The van der Waals surface area contributed by atoms with Crippen molar-refractivity contribution >= 4 is 11.9 Å². The van der Waals surface area contributed by atoms with Crippen molar-refractivity contribution in [1.29, 1.82) is 0 Å². The molecule has 25 heavy (non-hydrogen) atoms. The number of benzene rings is 1. The van der Waals surface area contributed by atoms with Crippen molar-refractivity contribution in [1.82, 2.24) is 15.5 Å². The highest BCUT2D eigenvalue weighted by Gasteiger charge is 2.16. The van der Waals surface area contributed by atoms with Gasteiger partial charge in [-0.25, -0.2) is 4.79 Å². The molecule has 1 fully saturated rings. The second-order valence-corrected chi connectivity index (χ2v) is 6.70. The summed E-state index contributed by atoms with van der Waals surface area (Å²) < 4.78 is 0. The first-order chi connectivity index (χ1) is 12.2. The third-order valence-corrected chi connectivity index (χ3v) is 4.65.